The van der Waals surface area contributed by atoms with E-state index in [9.17, 15) is 0 Å². The van der Waals surface area contributed by atoms with Crippen LogP contribution in [0, 0.1) is 0 Å². The van der Waals surface area contributed by atoms with E-state index in [1.807, 2.05) is 6.07 Å². The highest BCUT2D eigenvalue weighted by Crippen LogP contribution is 2.49. The molecule has 0 amide bonds. The molecule has 2 nitrogen and oxygen atoms in total. The highest BCUT2D eigenvalue weighted by molar-refractivity contribution is 6.31. The standard InChI is InChI=1S/C40H23NO/c1-3-13-26-24(11-1)37(30-17-9-21-35-39(30)29-15-5-6-20-34(29)42-35)25-12-2-4-14-27(25)38(26)31-22-23-10-7-18-32-36(23)40-28(31)16-8-19-33(40)41-32/h1-22,41H. The average molecular weight is 534 g/mol. The highest BCUT2D eigenvalue weighted by Gasteiger charge is 2.22. The van der Waals surface area contributed by atoms with Crippen LogP contribution in [0.3, 0.4) is 0 Å². The van der Waals surface area contributed by atoms with E-state index >= 15 is 0 Å². The van der Waals surface area contributed by atoms with Crippen molar-refractivity contribution in [3.05, 3.63) is 133 Å². The van der Waals surface area contributed by atoms with Crippen molar-refractivity contribution in [1.29, 1.82) is 0 Å². The van der Waals surface area contributed by atoms with Crippen LogP contribution in [-0.4, -0.2) is 4.98 Å². The Hall–Kier alpha value is -5.60. The Morgan fingerprint density at radius 2 is 0.929 bits per heavy atom. The van der Waals surface area contributed by atoms with Crippen LogP contribution in [0.25, 0.3) is 98.3 Å². The summed E-state index contributed by atoms with van der Waals surface area (Å²) >= 11 is 0. The van der Waals surface area contributed by atoms with Crippen molar-refractivity contribution in [2.75, 3.05) is 0 Å². The van der Waals surface area contributed by atoms with E-state index in [4.69, 9.17) is 4.42 Å². The third kappa shape index (κ3) is 2.78. The number of fused-ring (bicyclic) bond motifs is 5. The summed E-state index contributed by atoms with van der Waals surface area (Å²) in [5.41, 5.74) is 9.22. The van der Waals surface area contributed by atoms with Crippen LogP contribution in [0.2, 0.25) is 0 Å². The van der Waals surface area contributed by atoms with Gasteiger partial charge in [0.15, 0.2) is 0 Å². The van der Waals surface area contributed by atoms with Gasteiger partial charge in [0, 0.05) is 32.6 Å². The van der Waals surface area contributed by atoms with Gasteiger partial charge in [-0.1, -0.05) is 103 Å². The molecule has 8 aromatic carbocycles. The van der Waals surface area contributed by atoms with Crippen molar-refractivity contribution in [1.82, 2.24) is 4.98 Å². The Morgan fingerprint density at radius 3 is 1.67 bits per heavy atom. The lowest BCUT2D eigenvalue weighted by Gasteiger charge is -2.19. The van der Waals surface area contributed by atoms with E-state index in [-0.39, 0.29) is 0 Å². The summed E-state index contributed by atoms with van der Waals surface area (Å²) in [6, 6.07) is 48.3. The summed E-state index contributed by atoms with van der Waals surface area (Å²) < 4.78 is 6.33. The first kappa shape index (κ1) is 22.1. The van der Waals surface area contributed by atoms with E-state index in [1.165, 1.54) is 81.8 Å². The molecule has 194 valence electrons. The van der Waals surface area contributed by atoms with Gasteiger partial charge in [0.05, 0.1) is 0 Å². The Labute approximate surface area is 240 Å². The third-order valence-corrected chi connectivity index (χ3v) is 9.14. The van der Waals surface area contributed by atoms with Crippen molar-refractivity contribution < 1.29 is 4.42 Å². The average Bonchev–Trinajstić information content (AvgIpc) is 3.62. The van der Waals surface area contributed by atoms with Gasteiger partial charge in [-0.15, -0.1) is 0 Å². The van der Waals surface area contributed by atoms with Crippen LogP contribution >= 0.6 is 0 Å². The van der Waals surface area contributed by atoms with Gasteiger partial charge < -0.3 is 9.40 Å². The molecular formula is C40H23NO. The van der Waals surface area contributed by atoms with E-state index in [2.05, 4.69) is 132 Å². The first-order chi connectivity index (χ1) is 20.8. The number of aromatic nitrogens is 1. The number of aromatic amines is 1. The number of nitrogens with one attached hydrogen (secondary N) is 1. The molecular weight excluding hydrogens is 510 g/mol. The minimum Gasteiger partial charge on any atom is -0.456 e. The van der Waals surface area contributed by atoms with E-state index < -0.39 is 0 Å². The molecule has 0 saturated heterocycles. The van der Waals surface area contributed by atoms with Crippen molar-refractivity contribution in [2.24, 2.45) is 0 Å². The minimum absolute atomic E-state index is 0.917. The molecule has 0 aliphatic carbocycles. The molecule has 2 heterocycles. The number of furan rings is 1. The molecule has 0 saturated carbocycles. The predicted molar refractivity (Wildman–Crippen MR) is 178 cm³/mol. The zero-order valence-electron chi connectivity index (χ0n) is 22.6. The number of benzene rings is 8. The second-order valence-electron chi connectivity index (χ2n) is 11.3. The minimum atomic E-state index is 0.917. The van der Waals surface area contributed by atoms with E-state index in [0.717, 1.165) is 16.6 Å². The lowest BCUT2D eigenvalue weighted by Crippen LogP contribution is -1.92. The molecule has 0 aliphatic heterocycles. The zero-order valence-corrected chi connectivity index (χ0v) is 22.6. The van der Waals surface area contributed by atoms with Gasteiger partial charge in [-0.3, -0.25) is 0 Å². The summed E-state index contributed by atoms with van der Waals surface area (Å²) in [5, 5.41) is 12.5. The Bertz CT molecular complexity index is 2630. The quantitative estimate of drug-likeness (QED) is 0.174. The smallest absolute Gasteiger partial charge is 0.136 e. The number of rotatable bonds is 2. The SMILES string of the molecule is c1cc2cc(-c3c4ccccc4c(-c4cccc5oc6ccccc6c45)c4ccccc34)c3cccc4[nH]c(c1)c2c43. The number of hydrogen-bond donors (Lipinski definition) is 1. The van der Waals surface area contributed by atoms with Gasteiger partial charge in [-0.2, -0.15) is 0 Å². The topological polar surface area (TPSA) is 28.9 Å². The first-order valence-electron chi connectivity index (χ1n) is 14.4. The van der Waals surface area contributed by atoms with Crippen molar-refractivity contribution in [3.63, 3.8) is 0 Å². The maximum absolute atomic E-state index is 6.33. The van der Waals surface area contributed by atoms with Crippen molar-refractivity contribution in [2.45, 2.75) is 0 Å². The number of para-hydroxylation sites is 1. The maximum Gasteiger partial charge on any atom is 0.136 e. The van der Waals surface area contributed by atoms with Gasteiger partial charge in [-0.05, 0) is 84.9 Å². The molecule has 0 spiro atoms. The normalized spacial score (nSPS) is 12.3. The largest absolute Gasteiger partial charge is 0.456 e. The molecule has 10 aromatic rings. The van der Waals surface area contributed by atoms with Crippen LogP contribution in [0.4, 0.5) is 0 Å². The van der Waals surface area contributed by atoms with Crippen LogP contribution in [-0.2, 0) is 0 Å². The Kier molecular flexibility index (Phi) is 4.21. The van der Waals surface area contributed by atoms with Crippen LogP contribution < -0.4 is 0 Å². The van der Waals surface area contributed by atoms with Crippen LogP contribution in [0.1, 0.15) is 0 Å². The zero-order chi connectivity index (χ0) is 27.4. The van der Waals surface area contributed by atoms with E-state index in [0.29, 0.717) is 0 Å². The van der Waals surface area contributed by atoms with Gasteiger partial charge in [0.25, 0.3) is 0 Å². The number of H-pyrrole nitrogens is 1. The molecule has 0 atom stereocenters. The summed E-state index contributed by atoms with van der Waals surface area (Å²) in [6.45, 7) is 0. The number of hydrogen-bond acceptors (Lipinski definition) is 1. The van der Waals surface area contributed by atoms with Gasteiger partial charge in [0.2, 0.25) is 0 Å². The molecule has 42 heavy (non-hydrogen) atoms. The van der Waals surface area contributed by atoms with Gasteiger partial charge >= 0.3 is 0 Å². The molecule has 10 rings (SSSR count). The predicted octanol–water partition coefficient (Wildman–Crippen LogP) is 11.5. The van der Waals surface area contributed by atoms with Crippen molar-refractivity contribution >= 4 is 76.1 Å². The molecule has 2 aromatic heterocycles. The van der Waals surface area contributed by atoms with Gasteiger partial charge in [0.1, 0.15) is 11.2 Å². The highest BCUT2D eigenvalue weighted by atomic mass is 16.3. The van der Waals surface area contributed by atoms with Crippen LogP contribution in [0.15, 0.2) is 138 Å². The molecule has 0 aliphatic rings. The fourth-order valence-electron chi connectivity index (χ4n) is 7.50. The molecule has 1 N–H and O–H groups in total. The second-order valence-corrected chi connectivity index (χ2v) is 11.3. The van der Waals surface area contributed by atoms with E-state index in [1.54, 1.807) is 0 Å². The molecule has 0 bridgehead atoms. The monoisotopic (exact) mass is 533 g/mol. The second kappa shape index (κ2) is 7.99. The summed E-state index contributed by atoms with van der Waals surface area (Å²) in [6.07, 6.45) is 0. The Balaban J connectivity index is 1.41. The van der Waals surface area contributed by atoms with Gasteiger partial charge in [-0.25, -0.2) is 0 Å². The molecule has 0 radical (unpaired) electrons. The first-order valence-corrected chi connectivity index (χ1v) is 14.4. The fraction of sp³-hybridized carbons (Fsp3) is 0. The lowest BCUT2D eigenvalue weighted by molar-refractivity contribution is 0.669. The third-order valence-electron chi connectivity index (χ3n) is 9.14. The van der Waals surface area contributed by atoms with Crippen molar-refractivity contribution in [3.8, 4) is 22.3 Å². The maximum atomic E-state index is 6.33. The lowest BCUT2D eigenvalue weighted by atomic mass is 9.83. The summed E-state index contributed by atoms with van der Waals surface area (Å²) in [7, 11) is 0. The molecule has 0 fully saturated rings. The molecule has 2 heteroatoms. The fourth-order valence-corrected chi connectivity index (χ4v) is 7.50. The van der Waals surface area contributed by atoms with Crippen LogP contribution in [0.5, 0.6) is 0 Å². The summed E-state index contributed by atoms with van der Waals surface area (Å²) in [5.74, 6) is 0. The molecule has 0 unspecified atom stereocenters. The Morgan fingerprint density at radius 1 is 0.381 bits per heavy atom. The summed E-state index contributed by atoms with van der Waals surface area (Å²) in [4.78, 5) is 3.66.